The van der Waals surface area contributed by atoms with Gasteiger partial charge in [0.15, 0.2) is 9.84 Å². The summed E-state index contributed by atoms with van der Waals surface area (Å²) in [6, 6.07) is 4.95. The number of rotatable bonds is 1. The first-order valence-corrected chi connectivity index (χ1v) is 6.35. The second kappa shape index (κ2) is 3.00. The average Bonchev–Trinajstić information content (AvgIpc) is 2.41. The van der Waals surface area contributed by atoms with Crippen LogP contribution in [-0.4, -0.2) is 19.3 Å². The van der Waals surface area contributed by atoms with Gasteiger partial charge in [-0.25, -0.2) is 8.42 Å². The normalized spacial score (nSPS) is 12.1. The van der Waals surface area contributed by atoms with Gasteiger partial charge in [-0.05, 0) is 30.7 Å². The van der Waals surface area contributed by atoms with Gasteiger partial charge in [0, 0.05) is 17.8 Å². The van der Waals surface area contributed by atoms with Gasteiger partial charge in [-0.2, -0.15) is 0 Å². The highest BCUT2D eigenvalue weighted by molar-refractivity contribution is 7.90. The zero-order valence-corrected chi connectivity index (χ0v) is 9.38. The van der Waals surface area contributed by atoms with Crippen LogP contribution in [0.5, 0.6) is 0 Å². The minimum absolute atomic E-state index is 0.323. The van der Waals surface area contributed by atoms with Gasteiger partial charge in [-0.3, -0.25) is 4.68 Å². The Kier molecular flexibility index (Phi) is 2.01. The van der Waals surface area contributed by atoms with E-state index in [0.29, 0.717) is 4.90 Å². The number of aromatic nitrogens is 1. The number of hydrogen-bond acceptors (Lipinski definition) is 3. The van der Waals surface area contributed by atoms with Crippen LogP contribution in [0.4, 0.5) is 0 Å². The topological polar surface area (TPSA) is 65.1 Å². The molecule has 1 heterocycles. The molecule has 2 N–H and O–H groups in total. The van der Waals surface area contributed by atoms with Crippen molar-refractivity contribution in [3.8, 4) is 0 Å². The molecule has 0 aliphatic heterocycles. The van der Waals surface area contributed by atoms with Crippen molar-refractivity contribution < 1.29 is 8.42 Å². The number of benzene rings is 1. The molecule has 0 aliphatic carbocycles. The molecule has 0 fully saturated rings. The zero-order valence-electron chi connectivity index (χ0n) is 8.56. The van der Waals surface area contributed by atoms with E-state index >= 15 is 0 Å². The Balaban J connectivity index is 2.82. The van der Waals surface area contributed by atoms with E-state index in [-0.39, 0.29) is 0 Å². The number of nitrogen functional groups attached to an aromatic ring is 1. The van der Waals surface area contributed by atoms with Gasteiger partial charge in [0.25, 0.3) is 0 Å². The Morgan fingerprint density at radius 1 is 1.33 bits per heavy atom. The first-order chi connectivity index (χ1) is 6.89. The number of sulfone groups is 1. The van der Waals surface area contributed by atoms with Crippen molar-refractivity contribution >= 4 is 20.7 Å². The van der Waals surface area contributed by atoms with Gasteiger partial charge in [0.2, 0.25) is 0 Å². The van der Waals surface area contributed by atoms with Crippen LogP contribution in [0.15, 0.2) is 29.3 Å². The summed E-state index contributed by atoms with van der Waals surface area (Å²) in [4.78, 5) is 0.323. The molecule has 0 unspecified atom stereocenters. The van der Waals surface area contributed by atoms with E-state index in [2.05, 4.69) is 0 Å². The molecule has 1 aromatic carbocycles. The van der Waals surface area contributed by atoms with Crippen molar-refractivity contribution in [1.82, 2.24) is 4.68 Å². The van der Waals surface area contributed by atoms with E-state index in [9.17, 15) is 8.42 Å². The van der Waals surface area contributed by atoms with Crippen molar-refractivity contribution in [2.24, 2.45) is 0 Å². The molecule has 0 spiro atoms. The molecular formula is C10H12N2O2S. The number of nitrogens with two attached hydrogens (primary N) is 1. The summed E-state index contributed by atoms with van der Waals surface area (Å²) in [6.45, 7) is 1.90. The molecule has 1 aromatic heterocycles. The van der Waals surface area contributed by atoms with Crippen LogP contribution in [0.2, 0.25) is 0 Å². The summed E-state index contributed by atoms with van der Waals surface area (Å²) >= 11 is 0. The minimum Gasteiger partial charge on any atom is -0.339 e. The van der Waals surface area contributed by atoms with Gasteiger partial charge in [-0.1, -0.05) is 0 Å². The predicted octanol–water partition coefficient (Wildman–Crippen LogP) is 1.07. The largest absolute Gasteiger partial charge is 0.339 e. The second-order valence-electron chi connectivity index (χ2n) is 3.67. The first kappa shape index (κ1) is 10.0. The number of hydrogen-bond donors (Lipinski definition) is 1. The third kappa shape index (κ3) is 1.59. The third-order valence-electron chi connectivity index (χ3n) is 2.43. The predicted molar refractivity (Wildman–Crippen MR) is 59.9 cm³/mol. The lowest BCUT2D eigenvalue weighted by molar-refractivity contribution is 0.602. The van der Waals surface area contributed by atoms with Gasteiger partial charge in [0.1, 0.15) is 0 Å². The van der Waals surface area contributed by atoms with Crippen molar-refractivity contribution in [3.05, 3.63) is 30.0 Å². The fraction of sp³-hybridized carbons (Fsp3) is 0.200. The molecule has 2 aromatic rings. The Labute approximate surface area is 88.2 Å². The average molecular weight is 224 g/mol. The zero-order chi connectivity index (χ0) is 11.2. The van der Waals surface area contributed by atoms with E-state index in [1.54, 1.807) is 24.4 Å². The van der Waals surface area contributed by atoms with Crippen molar-refractivity contribution in [3.63, 3.8) is 0 Å². The Bertz CT molecular complexity index is 626. The second-order valence-corrected chi connectivity index (χ2v) is 5.69. The van der Waals surface area contributed by atoms with Gasteiger partial charge < -0.3 is 5.84 Å². The number of fused-ring (bicyclic) bond motifs is 1. The summed E-state index contributed by atoms with van der Waals surface area (Å²) in [5.74, 6) is 5.70. The summed E-state index contributed by atoms with van der Waals surface area (Å²) in [5, 5.41) is 0.875. The highest BCUT2D eigenvalue weighted by Gasteiger charge is 2.10. The molecule has 15 heavy (non-hydrogen) atoms. The lowest BCUT2D eigenvalue weighted by atomic mass is 10.2. The molecule has 2 rings (SSSR count). The summed E-state index contributed by atoms with van der Waals surface area (Å²) in [7, 11) is -3.15. The quantitative estimate of drug-likeness (QED) is 0.737. The molecule has 0 bridgehead atoms. The van der Waals surface area contributed by atoms with Crippen LogP contribution in [-0.2, 0) is 9.84 Å². The fourth-order valence-corrected chi connectivity index (χ4v) is 2.28. The Morgan fingerprint density at radius 2 is 2.00 bits per heavy atom. The molecule has 5 heteroatoms. The molecule has 0 atom stereocenters. The smallest absolute Gasteiger partial charge is 0.175 e. The third-order valence-corrected chi connectivity index (χ3v) is 3.54. The summed E-state index contributed by atoms with van der Waals surface area (Å²) in [6.07, 6.45) is 2.97. The van der Waals surface area contributed by atoms with E-state index in [1.807, 2.05) is 6.92 Å². The van der Waals surface area contributed by atoms with E-state index < -0.39 is 9.84 Å². The first-order valence-electron chi connectivity index (χ1n) is 4.46. The molecule has 0 amide bonds. The van der Waals surface area contributed by atoms with Crippen LogP contribution >= 0.6 is 0 Å². The van der Waals surface area contributed by atoms with Crippen molar-refractivity contribution in [2.75, 3.05) is 12.1 Å². The van der Waals surface area contributed by atoms with Gasteiger partial charge >= 0.3 is 0 Å². The Hall–Kier alpha value is -1.49. The van der Waals surface area contributed by atoms with Gasteiger partial charge in [-0.15, -0.1) is 0 Å². The lowest BCUT2D eigenvalue weighted by Crippen LogP contribution is -2.05. The SMILES string of the molecule is Cc1cn(N)c2ccc(S(C)(=O)=O)cc12. The van der Waals surface area contributed by atoms with Crippen LogP contribution < -0.4 is 5.84 Å². The van der Waals surface area contributed by atoms with E-state index in [4.69, 9.17) is 5.84 Å². The summed E-state index contributed by atoms with van der Waals surface area (Å²) in [5.41, 5.74) is 1.80. The molecule has 0 saturated heterocycles. The molecule has 0 aliphatic rings. The standard InChI is InChI=1S/C10H12N2O2S/c1-7-6-12(11)10-4-3-8(5-9(7)10)15(2,13)14/h3-6H,11H2,1-2H3. The molecule has 0 saturated carbocycles. The van der Waals surface area contributed by atoms with E-state index in [1.165, 1.54) is 10.9 Å². The maximum atomic E-state index is 11.4. The maximum absolute atomic E-state index is 11.4. The Morgan fingerprint density at radius 3 is 2.60 bits per heavy atom. The molecular weight excluding hydrogens is 212 g/mol. The molecule has 80 valence electrons. The maximum Gasteiger partial charge on any atom is 0.175 e. The van der Waals surface area contributed by atoms with Crippen LogP contribution in [0.1, 0.15) is 5.56 Å². The van der Waals surface area contributed by atoms with Gasteiger partial charge in [0.05, 0.1) is 10.4 Å². The monoisotopic (exact) mass is 224 g/mol. The minimum atomic E-state index is -3.15. The summed E-state index contributed by atoms with van der Waals surface area (Å²) < 4.78 is 24.2. The molecule has 4 nitrogen and oxygen atoms in total. The van der Waals surface area contributed by atoms with Crippen molar-refractivity contribution in [1.29, 1.82) is 0 Å². The highest BCUT2D eigenvalue weighted by atomic mass is 32.2. The highest BCUT2D eigenvalue weighted by Crippen LogP contribution is 2.22. The van der Waals surface area contributed by atoms with Crippen LogP contribution in [0, 0.1) is 6.92 Å². The molecule has 0 radical (unpaired) electrons. The fourth-order valence-electron chi connectivity index (χ4n) is 1.63. The van der Waals surface area contributed by atoms with Crippen LogP contribution in [0.25, 0.3) is 10.9 Å². The lowest BCUT2D eigenvalue weighted by Gasteiger charge is -2.00. The van der Waals surface area contributed by atoms with E-state index in [0.717, 1.165) is 16.5 Å². The van der Waals surface area contributed by atoms with Crippen molar-refractivity contribution in [2.45, 2.75) is 11.8 Å². The number of nitrogens with zero attached hydrogens (tertiary/aromatic N) is 1. The van der Waals surface area contributed by atoms with Crippen LogP contribution in [0.3, 0.4) is 0 Å². The number of aryl methyl sites for hydroxylation is 1.